The molecule has 7 nitrogen and oxygen atoms in total. The fourth-order valence-corrected chi connectivity index (χ4v) is 1.65. The second-order valence-electron chi connectivity index (χ2n) is 3.45. The predicted molar refractivity (Wildman–Crippen MR) is 68.1 cm³/mol. The smallest absolute Gasteiger partial charge is 0.319 e. The van der Waals surface area contributed by atoms with Crippen molar-refractivity contribution < 1.29 is 9.72 Å². The molecule has 0 saturated carbocycles. The van der Waals surface area contributed by atoms with Gasteiger partial charge in [-0.3, -0.25) is 19.9 Å². The summed E-state index contributed by atoms with van der Waals surface area (Å²) in [7, 11) is 0. The third-order valence-corrected chi connectivity index (χ3v) is 2.52. The quantitative estimate of drug-likeness (QED) is 0.527. The molecule has 0 saturated heterocycles. The van der Waals surface area contributed by atoms with Crippen molar-refractivity contribution in [3.05, 3.63) is 57.6 Å². The molecule has 0 aliphatic rings. The van der Waals surface area contributed by atoms with Crippen LogP contribution in [0.5, 0.6) is 0 Å². The van der Waals surface area contributed by atoms with Gasteiger partial charge in [-0.25, -0.2) is 4.98 Å². The molecule has 96 valence electrons. The van der Waals surface area contributed by atoms with Gasteiger partial charge in [0.2, 0.25) is 5.15 Å². The third-order valence-electron chi connectivity index (χ3n) is 2.24. The SMILES string of the molecule is O=C(Nc1ccncc1)c1ccnc(Cl)c1[N+](=O)[O-]. The maximum absolute atomic E-state index is 12.0. The number of hydrogen-bond acceptors (Lipinski definition) is 5. The van der Waals surface area contributed by atoms with E-state index >= 15 is 0 Å². The van der Waals surface area contributed by atoms with Crippen molar-refractivity contribution in [2.45, 2.75) is 0 Å². The monoisotopic (exact) mass is 278 g/mol. The molecule has 2 heterocycles. The molecule has 0 fully saturated rings. The van der Waals surface area contributed by atoms with E-state index in [0.717, 1.165) is 0 Å². The maximum atomic E-state index is 12.0. The molecule has 8 heteroatoms. The minimum absolute atomic E-state index is 0.151. The molecule has 0 unspecified atom stereocenters. The summed E-state index contributed by atoms with van der Waals surface area (Å²) in [5, 5.41) is 13.1. The van der Waals surface area contributed by atoms with Gasteiger partial charge >= 0.3 is 5.69 Å². The lowest BCUT2D eigenvalue weighted by Gasteiger charge is -2.05. The first-order valence-corrected chi connectivity index (χ1v) is 5.47. The van der Waals surface area contributed by atoms with Crippen LogP contribution in [0.1, 0.15) is 10.4 Å². The minimum Gasteiger partial charge on any atom is -0.322 e. The highest BCUT2D eigenvalue weighted by Crippen LogP contribution is 2.26. The summed E-state index contributed by atoms with van der Waals surface area (Å²) in [6, 6.07) is 4.36. The Morgan fingerprint density at radius 3 is 2.58 bits per heavy atom. The zero-order valence-electron chi connectivity index (χ0n) is 9.41. The van der Waals surface area contributed by atoms with Crippen LogP contribution in [-0.4, -0.2) is 20.8 Å². The Morgan fingerprint density at radius 1 is 1.26 bits per heavy atom. The largest absolute Gasteiger partial charge is 0.322 e. The Hall–Kier alpha value is -2.54. The summed E-state index contributed by atoms with van der Waals surface area (Å²) in [4.78, 5) is 29.5. The number of carbonyl (C=O) groups excluding carboxylic acids is 1. The molecule has 0 aliphatic heterocycles. The molecule has 0 bridgehead atoms. The number of nitrogens with zero attached hydrogens (tertiary/aromatic N) is 3. The molecular weight excluding hydrogens is 272 g/mol. The molecule has 0 atom stereocenters. The van der Waals surface area contributed by atoms with Crippen molar-refractivity contribution in [3.63, 3.8) is 0 Å². The van der Waals surface area contributed by atoms with E-state index in [0.29, 0.717) is 5.69 Å². The van der Waals surface area contributed by atoms with Crippen LogP contribution in [0, 0.1) is 10.1 Å². The molecule has 1 N–H and O–H groups in total. The maximum Gasteiger partial charge on any atom is 0.319 e. The standard InChI is InChI=1S/C11H7ClN4O3/c12-10-9(16(18)19)8(3-6-14-10)11(17)15-7-1-4-13-5-2-7/h1-6H,(H,13,15,17). The van der Waals surface area contributed by atoms with Crippen molar-refractivity contribution in [3.8, 4) is 0 Å². The molecule has 0 radical (unpaired) electrons. The number of pyridine rings is 2. The van der Waals surface area contributed by atoms with Crippen molar-refractivity contribution in [2.75, 3.05) is 5.32 Å². The van der Waals surface area contributed by atoms with Crippen LogP contribution in [0.15, 0.2) is 36.8 Å². The summed E-state index contributed by atoms with van der Waals surface area (Å²) < 4.78 is 0. The van der Waals surface area contributed by atoms with Crippen LogP contribution >= 0.6 is 11.6 Å². The molecule has 0 spiro atoms. The average Bonchev–Trinajstić information content (AvgIpc) is 2.39. The van der Waals surface area contributed by atoms with Crippen LogP contribution in [0.3, 0.4) is 0 Å². The van der Waals surface area contributed by atoms with Gasteiger partial charge < -0.3 is 5.32 Å². The van der Waals surface area contributed by atoms with Crippen molar-refractivity contribution in [1.82, 2.24) is 9.97 Å². The number of nitrogens with one attached hydrogen (secondary N) is 1. The first-order valence-electron chi connectivity index (χ1n) is 5.10. The lowest BCUT2D eigenvalue weighted by atomic mass is 10.2. The summed E-state index contributed by atoms with van der Waals surface area (Å²) >= 11 is 5.63. The second kappa shape index (κ2) is 5.40. The summed E-state index contributed by atoms with van der Waals surface area (Å²) in [6.07, 6.45) is 4.21. The van der Waals surface area contributed by atoms with E-state index in [2.05, 4.69) is 15.3 Å². The van der Waals surface area contributed by atoms with Gasteiger partial charge in [-0.1, -0.05) is 11.6 Å². The van der Waals surface area contributed by atoms with Gasteiger partial charge in [-0.2, -0.15) is 0 Å². The summed E-state index contributed by atoms with van der Waals surface area (Å²) in [6.45, 7) is 0. The van der Waals surface area contributed by atoms with Gasteiger partial charge in [0.1, 0.15) is 5.56 Å². The molecule has 2 aromatic rings. The normalized spacial score (nSPS) is 9.95. The van der Waals surface area contributed by atoms with E-state index in [9.17, 15) is 14.9 Å². The van der Waals surface area contributed by atoms with Crippen molar-refractivity contribution in [1.29, 1.82) is 0 Å². The van der Waals surface area contributed by atoms with E-state index in [1.165, 1.54) is 24.7 Å². The highest BCUT2D eigenvalue weighted by Gasteiger charge is 2.24. The Bertz CT molecular complexity index is 633. The van der Waals surface area contributed by atoms with E-state index < -0.39 is 16.5 Å². The number of amides is 1. The second-order valence-corrected chi connectivity index (χ2v) is 3.80. The molecule has 2 rings (SSSR count). The molecule has 1 amide bonds. The van der Waals surface area contributed by atoms with Gasteiger partial charge in [0.05, 0.1) is 4.92 Å². The Labute approximate surface area is 112 Å². The average molecular weight is 279 g/mol. The first kappa shape index (κ1) is 12.9. The molecule has 0 aromatic carbocycles. The van der Waals surface area contributed by atoms with E-state index in [4.69, 9.17) is 11.6 Å². The van der Waals surface area contributed by atoms with Crippen LogP contribution in [0.2, 0.25) is 5.15 Å². The van der Waals surface area contributed by atoms with Gasteiger partial charge in [0.15, 0.2) is 0 Å². The van der Waals surface area contributed by atoms with Gasteiger partial charge in [-0.15, -0.1) is 0 Å². The fourth-order valence-electron chi connectivity index (χ4n) is 1.42. The number of halogens is 1. The van der Waals surface area contributed by atoms with Gasteiger partial charge in [0, 0.05) is 24.3 Å². The highest BCUT2D eigenvalue weighted by molar-refractivity contribution is 6.32. The first-order chi connectivity index (χ1) is 9.09. The Morgan fingerprint density at radius 2 is 1.95 bits per heavy atom. The molecular formula is C11H7ClN4O3. The number of aromatic nitrogens is 2. The third kappa shape index (κ3) is 2.83. The number of hydrogen-bond donors (Lipinski definition) is 1. The number of rotatable bonds is 3. The van der Waals surface area contributed by atoms with E-state index in [1.54, 1.807) is 12.1 Å². The van der Waals surface area contributed by atoms with Crippen LogP contribution in [0.4, 0.5) is 11.4 Å². The Balaban J connectivity index is 2.35. The van der Waals surface area contributed by atoms with Crippen molar-refractivity contribution in [2.24, 2.45) is 0 Å². The summed E-state index contributed by atoms with van der Waals surface area (Å²) in [5.41, 5.74) is -0.195. The number of carbonyl (C=O) groups is 1. The number of nitro groups is 1. The minimum atomic E-state index is -0.739. The molecule has 2 aromatic heterocycles. The van der Waals surface area contributed by atoms with Crippen LogP contribution in [-0.2, 0) is 0 Å². The van der Waals surface area contributed by atoms with Gasteiger partial charge in [0.25, 0.3) is 5.91 Å². The lowest BCUT2D eigenvalue weighted by molar-refractivity contribution is -0.385. The zero-order valence-corrected chi connectivity index (χ0v) is 10.2. The summed E-state index contributed by atoms with van der Waals surface area (Å²) in [5.74, 6) is -0.637. The predicted octanol–water partition coefficient (Wildman–Crippen LogP) is 2.29. The van der Waals surface area contributed by atoms with E-state index in [-0.39, 0.29) is 10.7 Å². The number of anilines is 1. The van der Waals surface area contributed by atoms with Crippen LogP contribution in [0.25, 0.3) is 0 Å². The molecule has 19 heavy (non-hydrogen) atoms. The van der Waals surface area contributed by atoms with Crippen LogP contribution < -0.4 is 5.32 Å². The Kier molecular flexibility index (Phi) is 3.67. The highest BCUT2D eigenvalue weighted by atomic mass is 35.5. The lowest BCUT2D eigenvalue weighted by Crippen LogP contribution is -2.14. The molecule has 0 aliphatic carbocycles. The van der Waals surface area contributed by atoms with Crippen molar-refractivity contribution >= 4 is 28.9 Å². The van der Waals surface area contributed by atoms with Gasteiger partial charge in [-0.05, 0) is 18.2 Å². The topological polar surface area (TPSA) is 98.0 Å². The van der Waals surface area contributed by atoms with E-state index in [1.807, 2.05) is 0 Å². The zero-order chi connectivity index (χ0) is 13.8. The fraction of sp³-hybridized carbons (Fsp3) is 0.